The minimum Gasteiger partial charge on any atom is -0.385 e. The van der Waals surface area contributed by atoms with Gasteiger partial charge in [0.05, 0.1) is 0 Å². The van der Waals surface area contributed by atoms with Crippen molar-refractivity contribution in [3.05, 3.63) is 29.8 Å². The van der Waals surface area contributed by atoms with Crippen LogP contribution in [0, 0.1) is 0 Å². The molecular weight excluding hydrogens is 232 g/mol. The highest BCUT2D eigenvalue weighted by Gasteiger charge is 2.08. The van der Waals surface area contributed by atoms with Crippen molar-refractivity contribution in [2.75, 3.05) is 19.5 Å². The van der Waals surface area contributed by atoms with Gasteiger partial charge in [-0.25, -0.2) is 0 Å². The van der Waals surface area contributed by atoms with Gasteiger partial charge in [-0.05, 0) is 36.3 Å². The number of thioether (sulfide) groups is 1. The van der Waals surface area contributed by atoms with E-state index in [0.717, 1.165) is 25.2 Å². The van der Waals surface area contributed by atoms with E-state index in [2.05, 4.69) is 36.6 Å². The van der Waals surface area contributed by atoms with Crippen LogP contribution in [0.1, 0.15) is 31.4 Å². The molecule has 0 saturated heterocycles. The molecule has 0 spiro atoms. The van der Waals surface area contributed by atoms with Gasteiger partial charge in [0.1, 0.15) is 0 Å². The molecule has 1 atom stereocenters. The van der Waals surface area contributed by atoms with Gasteiger partial charge in [0.25, 0.3) is 0 Å². The molecule has 0 saturated carbocycles. The Bertz CT molecular complexity index is 303. The van der Waals surface area contributed by atoms with Crippen LogP contribution in [0.2, 0.25) is 0 Å². The summed E-state index contributed by atoms with van der Waals surface area (Å²) in [6.45, 7) is 2.94. The number of benzene rings is 1. The highest BCUT2D eigenvalue weighted by atomic mass is 32.2. The predicted molar refractivity (Wildman–Crippen MR) is 74.0 cm³/mol. The first-order chi connectivity index (χ1) is 8.31. The molecule has 1 aromatic rings. The van der Waals surface area contributed by atoms with E-state index >= 15 is 0 Å². The van der Waals surface area contributed by atoms with E-state index in [-0.39, 0.29) is 6.04 Å². The number of rotatable bonds is 8. The number of hydrazine groups is 1. The normalized spacial score (nSPS) is 12.6. The van der Waals surface area contributed by atoms with E-state index in [0.29, 0.717) is 0 Å². The summed E-state index contributed by atoms with van der Waals surface area (Å²) >= 11 is 1.85. The van der Waals surface area contributed by atoms with Gasteiger partial charge in [0.15, 0.2) is 0 Å². The molecule has 0 aliphatic rings. The van der Waals surface area contributed by atoms with Crippen LogP contribution < -0.4 is 11.3 Å². The third kappa shape index (κ3) is 5.08. The van der Waals surface area contributed by atoms with E-state index in [4.69, 9.17) is 10.6 Å². The number of ether oxygens (including phenoxy) is 1. The first kappa shape index (κ1) is 14.5. The van der Waals surface area contributed by atoms with Gasteiger partial charge in [-0.3, -0.25) is 11.3 Å². The van der Waals surface area contributed by atoms with Crippen LogP contribution in [0.15, 0.2) is 29.2 Å². The average molecular weight is 254 g/mol. The van der Waals surface area contributed by atoms with Crippen LogP contribution >= 0.6 is 11.8 Å². The van der Waals surface area contributed by atoms with Crippen molar-refractivity contribution in [3.63, 3.8) is 0 Å². The topological polar surface area (TPSA) is 47.3 Å². The lowest BCUT2D eigenvalue weighted by Crippen LogP contribution is -2.28. The largest absolute Gasteiger partial charge is 0.385 e. The smallest absolute Gasteiger partial charge is 0.0462 e. The Morgan fingerprint density at radius 2 is 2.06 bits per heavy atom. The predicted octanol–water partition coefficient (Wildman–Crippen LogP) is 2.73. The molecule has 1 aromatic carbocycles. The second-order valence-electron chi connectivity index (χ2n) is 3.86. The molecule has 1 unspecified atom stereocenters. The standard InChI is InChI=1S/C13H22N2OS/c1-3-17-12-8-6-11(7-9-12)13(15-14)5-4-10-16-2/h6-9,13,15H,3-5,10,14H2,1-2H3. The molecule has 0 bridgehead atoms. The van der Waals surface area contributed by atoms with Crippen molar-refractivity contribution >= 4 is 11.8 Å². The molecule has 3 N–H and O–H groups in total. The molecule has 0 aliphatic heterocycles. The number of methoxy groups -OCH3 is 1. The maximum atomic E-state index is 5.59. The van der Waals surface area contributed by atoms with Crippen LogP contribution in [0.3, 0.4) is 0 Å². The Balaban J connectivity index is 2.55. The minimum atomic E-state index is 0.214. The van der Waals surface area contributed by atoms with Crippen molar-refractivity contribution in [1.82, 2.24) is 5.43 Å². The molecular formula is C13H22N2OS. The fraction of sp³-hybridized carbons (Fsp3) is 0.538. The van der Waals surface area contributed by atoms with Crippen LogP contribution in [-0.2, 0) is 4.74 Å². The Kier molecular flexibility index (Phi) is 7.28. The lowest BCUT2D eigenvalue weighted by atomic mass is 10.0. The van der Waals surface area contributed by atoms with E-state index in [1.165, 1.54) is 10.5 Å². The van der Waals surface area contributed by atoms with Gasteiger partial charge in [0, 0.05) is 24.7 Å². The first-order valence-electron chi connectivity index (χ1n) is 5.99. The van der Waals surface area contributed by atoms with Crippen LogP contribution in [0.4, 0.5) is 0 Å². The van der Waals surface area contributed by atoms with Gasteiger partial charge < -0.3 is 4.74 Å². The summed E-state index contributed by atoms with van der Waals surface area (Å²) in [4.78, 5) is 1.31. The van der Waals surface area contributed by atoms with Gasteiger partial charge in [-0.1, -0.05) is 19.1 Å². The number of hydrogen-bond acceptors (Lipinski definition) is 4. The van der Waals surface area contributed by atoms with Gasteiger partial charge in [-0.2, -0.15) is 0 Å². The Labute approximate surface area is 108 Å². The summed E-state index contributed by atoms with van der Waals surface area (Å²) in [5, 5.41) is 0. The fourth-order valence-corrected chi connectivity index (χ4v) is 2.40. The zero-order chi connectivity index (χ0) is 12.5. The van der Waals surface area contributed by atoms with Crippen LogP contribution in [0.25, 0.3) is 0 Å². The zero-order valence-corrected chi connectivity index (χ0v) is 11.4. The minimum absolute atomic E-state index is 0.214. The summed E-state index contributed by atoms with van der Waals surface area (Å²) < 4.78 is 5.05. The van der Waals surface area contributed by atoms with Gasteiger partial charge >= 0.3 is 0 Å². The molecule has 1 rings (SSSR count). The van der Waals surface area contributed by atoms with Crippen molar-refractivity contribution in [2.45, 2.75) is 30.7 Å². The highest BCUT2D eigenvalue weighted by molar-refractivity contribution is 7.99. The zero-order valence-electron chi connectivity index (χ0n) is 10.6. The fourth-order valence-electron chi connectivity index (χ4n) is 1.74. The molecule has 0 radical (unpaired) electrons. The second-order valence-corrected chi connectivity index (χ2v) is 5.19. The lowest BCUT2D eigenvalue weighted by molar-refractivity contribution is 0.189. The Morgan fingerprint density at radius 1 is 1.35 bits per heavy atom. The van der Waals surface area contributed by atoms with Gasteiger partial charge in [0.2, 0.25) is 0 Å². The molecule has 17 heavy (non-hydrogen) atoms. The number of nitrogens with two attached hydrogens (primary N) is 1. The first-order valence-corrected chi connectivity index (χ1v) is 6.98. The van der Waals surface area contributed by atoms with Crippen LogP contribution in [0.5, 0.6) is 0 Å². The number of nitrogens with one attached hydrogen (secondary N) is 1. The highest BCUT2D eigenvalue weighted by Crippen LogP contribution is 2.22. The molecule has 4 heteroatoms. The summed E-state index contributed by atoms with van der Waals surface area (Å²) in [6.07, 6.45) is 2.00. The quantitative estimate of drug-likeness (QED) is 0.324. The maximum absolute atomic E-state index is 5.59. The third-order valence-electron chi connectivity index (χ3n) is 2.64. The summed E-state index contributed by atoms with van der Waals surface area (Å²) in [5.41, 5.74) is 4.11. The molecule has 0 aliphatic carbocycles. The lowest BCUT2D eigenvalue weighted by Gasteiger charge is -2.16. The Hall–Kier alpha value is -0.550. The summed E-state index contributed by atoms with van der Waals surface area (Å²) in [5.74, 6) is 6.69. The molecule has 0 heterocycles. The van der Waals surface area contributed by atoms with Crippen molar-refractivity contribution in [3.8, 4) is 0 Å². The molecule has 0 amide bonds. The van der Waals surface area contributed by atoms with E-state index < -0.39 is 0 Å². The van der Waals surface area contributed by atoms with Gasteiger partial charge in [-0.15, -0.1) is 11.8 Å². The summed E-state index contributed by atoms with van der Waals surface area (Å²) in [7, 11) is 1.72. The monoisotopic (exact) mass is 254 g/mol. The molecule has 0 fully saturated rings. The molecule has 3 nitrogen and oxygen atoms in total. The molecule has 0 aromatic heterocycles. The van der Waals surface area contributed by atoms with Crippen LogP contribution in [-0.4, -0.2) is 19.5 Å². The van der Waals surface area contributed by atoms with E-state index in [1.807, 2.05) is 11.8 Å². The molecule has 96 valence electrons. The second kappa shape index (κ2) is 8.53. The number of hydrogen-bond donors (Lipinski definition) is 2. The van der Waals surface area contributed by atoms with E-state index in [1.54, 1.807) is 7.11 Å². The Morgan fingerprint density at radius 3 is 2.59 bits per heavy atom. The summed E-state index contributed by atoms with van der Waals surface area (Å²) in [6, 6.07) is 8.82. The maximum Gasteiger partial charge on any atom is 0.0462 e. The van der Waals surface area contributed by atoms with E-state index in [9.17, 15) is 0 Å². The van der Waals surface area contributed by atoms with Crippen molar-refractivity contribution in [1.29, 1.82) is 0 Å². The third-order valence-corrected chi connectivity index (χ3v) is 3.53. The van der Waals surface area contributed by atoms with Crippen molar-refractivity contribution < 1.29 is 4.74 Å². The van der Waals surface area contributed by atoms with Crippen molar-refractivity contribution in [2.24, 2.45) is 5.84 Å². The SMILES string of the molecule is CCSc1ccc(C(CCCOC)NN)cc1. The average Bonchev–Trinajstić information content (AvgIpc) is 2.36.